The normalized spacial score (nSPS) is 28.7. The van der Waals surface area contributed by atoms with Crippen LogP contribution >= 0.6 is 23.5 Å². The van der Waals surface area contributed by atoms with E-state index in [2.05, 4.69) is 4.98 Å². The van der Waals surface area contributed by atoms with Gasteiger partial charge in [-0.3, -0.25) is 19.3 Å². The highest BCUT2D eigenvalue weighted by Gasteiger charge is 2.77. The Labute approximate surface area is 243 Å². The van der Waals surface area contributed by atoms with Crippen molar-refractivity contribution < 1.29 is 22.8 Å². The van der Waals surface area contributed by atoms with Gasteiger partial charge in [0, 0.05) is 30.6 Å². The molecule has 12 heteroatoms. The third-order valence-corrected chi connectivity index (χ3v) is 13.0. The Kier molecular flexibility index (Phi) is 4.99. The Morgan fingerprint density at radius 1 is 0.902 bits per heavy atom. The molecule has 6 heterocycles. The topological polar surface area (TPSA) is 111 Å². The molecule has 206 valence electrons. The SMILES string of the molecule is CN1C(=O)C23CC4(c5c[nH]c6ccccc56)c5ccccc5N(S(=O)(=O)c5ccccc5)[C@@H]4N2C(=O)[C@H]1SC(=O)S3. The number of piperazine rings is 1. The maximum Gasteiger partial charge on any atom is 0.266 e. The molecule has 5 aliphatic heterocycles. The highest BCUT2D eigenvalue weighted by atomic mass is 32.2. The number of carbonyl (C=O) groups is 3. The van der Waals surface area contributed by atoms with Gasteiger partial charge in [-0.1, -0.05) is 54.6 Å². The van der Waals surface area contributed by atoms with Gasteiger partial charge in [0.15, 0.2) is 10.2 Å². The quantitative estimate of drug-likeness (QED) is 0.372. The van der Waals surface area contributed by atoms with Crippen LogP contribution < -0.4 is 4.31 Å². The lowest BCUT2D eigenvalue weighted by molar-refractivity contribution is -0.157. The molecule has 3 aromatic carbocycles. The summed E-state index contributed by atoms with van der Waals surface area (Å²) < 4.78 is 30.2. The molecule has 1 N–H and O–H groups in total. The summed E-state index contributed by atoms with van der Waals surface area (Å²) in [5.41, 5.74) is 1.58. The number of aromatic nitrogens is 1. The number of H-pyrrole nitrogens is 1. The van der Waals surface area contributed by atoms with Gasteiger partial charge in [-0.2, -0.15) is 0 Å². The number of aromatic amines is 1. The van der Waals surface area contributed by atoms with Crippen LogP contribution in [0.25, 0.3) is 10.9 Å². The first-order chi connectivity index (χ1) is 19.7. The van der Waals surface area contributed by atoms with Gasteiger partial charge in [0.2, 0.25) is 0 Å². The Hall–Kier alpha value is -3.74. The van der Waals surface area contributed by atoms with Crippen molar-refractivity contribution in [2.45, 2.75) is 33.1 Å². The van der Waals surface area contributed by atoms with Gasteiger partial charge in [0.1, 0.15) is 6.17 Å². The fourth-order valence-corrected chi connectivity index (χ4v) is 11.4. The van der Waals surface area contributed by atoms with Crippen molar-refractivity contribution in [1.29, 1.82) is 0 Å². The van der Waals surface area contributed by atoms with Crippen molar-refractivity contribution in [2.24, 2.45) is 0 Å². The van der Waals surface area contributed by atoms with Gasteiger partial charge in [0.25, 0.3) is 26.3 Å². The number of sulfonamides is 1. The highest BCUT2D eigenvalue weighted by molar-refractivity contribution is 8.40. The van der Waals surface area contributed by atoms with Gasteiger partial charge < -0.3 is 9.88 Å². The van der Waals surface area contributed by atoms with E-state index in [1.807, 2.05) is 42.6 Å². The number of nitrogens with zero attached hydrogens (tertiary/aromatic N) is 3. The second-order valence-corrected chi connectivity index (χ2v) is 15.0. The van der Waals surface area contributed by atoms with E-state index < -0.39 is 37.8 Å². The number of hydrogen-bond acceptors (Lipinski definition) is 7. The number of rotatable bonds is 3. The second kappa shape index (κ2) is 8.17. The predicted molar refractivity (Wildman–Crippen MR) is 157 cm³/mol. The molecule has 0 aliphatic carbocycles. The van der Waals surface area contributed by atoms with E-state index in [-0.39, 0.29) is 21.7 Å². The van der Waals surface area contributed by atoms with E-state index in [0.717, 1.165) is 40.0 Å². The van der Waals surface area contributed by atoms with Gasteiger partial charge in [-0.15, -0.1) is 0 Å². The molecule has 0 radical (unpaired) electrons. The first-order valence-corrected chi connectivity index (χ1v) is 16.1. The summed E-state index contributed by atoms with van der Waals surface area (Å²) in [6.45, 7) is 0. The molecular weight excluding hydrogens is 581 g/mol. The van der Waals surface area contributed by atoms with Gasteiger partial charge in [-0.25, -0.2) is 12.7 Å². The molecule has 4 fully saturated rings. The van der Waals surface area contributed by atoms with Crippen LogP contribution in [0.5, 0.6) is 0 Å². The molecule has 9 rings (SSSR count). The Balaban J connectivity index is 1.50. The Bertz CT molecular complexity index is 1930. The molecule has 2 bridgehead atoms. The molecule has 1 aromatic heterocycles. The van der Waals surface area contributed by atoms with E-state index in [4.69, 9.17) is 0 Å². The summed E-state index contributed by atoms with van der Waals surface area (Å²) in [6.07, 6.45) is 0.752. The zero-order valence-electron chi connectivity index (χ0n) is 21.6. The number of para-hydroxylation sites is 2. The van der Waals surface area contributed by atoms with Crippen LogP contribution in [-0.4, -0.2) is 62.9 Å². The molecule has 4 aromatic rings. The van der Waals surface area contributed by atoms with Crippen LogP contribution in [0.2, 0.25) is 0 Å². The van der Waals surface area contributed by atoms with E-state index in [0.29, 0.717) is 11.3 Å². The van der Waals surface area contributed by atoms with Gasteiger partial charge in [-0.05, 0) is 58.9 Å². The summed E-state index contributed by atoms with van der Waals surface area (Å²) in [7, 11) is -2.70. The molecule has 2 unspecified atom stereocenters. The monoisotopic (exact) mass is 602 g/mol. The molecule has 0 saturated carbocycles. The number of anilines is 1. The van der Waals surface area contributed by atoms with E-state index in [1.165, 1.54) is 33.3 Å². The summed E-state index contributed by atoms with van der Waals surface area (Å²) in [6, 6.07) is 23.0. The first-order valence-electron chi connectivity index (χ1n) is 13.0. The van der Waals surface area contributed by atoms with Crippen molar-refractivity contribution in [1.82, 2.24) is 14.8 Å². The number of carbonyl (C=O) groups excluding carboxylic acids is 3. The zero-order chi connectivity index (χ0) is 28.3. The fraction of sp³-hybridized carbons (Fsp3) is 0.207. The van der Waals surface area contributed by atoms with Crippen molar-refractivity contribution in [3.63, 3.8) is 0 Å². The fourth-order valence-electron chi connectivity index (χ4n) is 7.13. The maximum atomic E-state index is 14.6. The minimum Gasteiger partial charge on any atom is -0.361 e. The van der Waals surface area contributed by atoms with Crippen molar-refractivity contribution >= 4 is 66.4 Å². The Morgan fingerprint density at radius 2 is 1.61 bits per heavy atom. The summed E-state index contributed by atoms with van der Waals surface area (Å²) in [5.74, 6) is -0.836. The minimum absolute atomic E-state index is 0.0307. The summed E-state index contributed by atoms with van der Waals surface area (Å²) in [5, 5.41) is -0.226. The first kappa shape index (κ1) is 25.0. The molecule has 1 spiro atoms. The lowest BCUT2D eigenvalue weighted by Gasteiger charge is -2.46. The lowest BCUT2D eigenvalue weighted by atomic mass is 9.72. The molecule has 4 saturated heterocycles. The maximum absolute atomic E-state index is 14.6. The van der Waals surface area contributed by atoms with Crippen molar-refractivity contribution in [3.05, 3.63) is 96.2 Å². The predicted octanol–water partition coefficient (Wildman–Crippen LogP) is 4.32. The van der Waals surface area contributed by atoms with E-state index in [9.17, 15) is 22.8 Å². The smallest absolute Gasteiger partial charge is 0.266 e. The van der Waals surface area contributed by atoms with Crippen LogP contribution in [0.3, 0.4) is 0 Å². The number of likely N-dealkylation sites (N-methyl/N-ethyl adjacent to an activating group) is 1. The lowest BCUT2D eigenvalue weighted by Crippen LogP contribution is -2.69. The minimum atomic E-state index is -4.24. The molecule has 9 nitrogen and oxygen atoms in total. The number of hydrogen-bond donors (Lipinski definition) is 1. The summed E-state index contributed by atoms with van der Waals surface area (Å²) in [4.78, 5) is 46.3. The number of fused-ring (bicyclic) bond motifs is 7. The van der Waals surface area contributed by atoms with E-state index >= 15 is 0 Å². The Morgan fingerprint density at radius 3 is 2.41 bits per heavy atom. The van der Waals surface area contributed by atoms with Gasteiger partial charge in [0.05, 0.1) is 16.0 Å². The van der Waals surface area contributed by atoms with Gasteiger partial charge >= 0.3 is 0 Å². The molecule has 4 atom stereocenters. The highest BCUT2D eigenvalue weighted by Crippen LogP contribution is 2.67. The number of nitrogens with one attached hydrogen (secondary N) is 1. The van der Waals surface area contributed by atoms with E-state index in [1.54, 1.807) is 30.3 Å². The second-order valence-electron chi connectivity index (χ2n) is 10.6. The molecule has 5 aliphatic rings. The average Bonchev–Trinajstić information content (AvgIpc) is 3.58. The van der Waals surface area contributed by atoms with Crippen LogP contribution in [0, 0.1) is 0 Å². The van der Waals surface area contributed by atoms with Crippen LogP contribution in [0.15, 0.2) is 90.0 Å². The summed E-state index contributed by atoms with van der Waals surface area (Å²) >= 11 is 1.64. The molecule has 41 heavy (non-hydrogen) atoms. The molecule has 2 amide bonds. The van der Waals surface area contributed by atoms with Crippen LogP contribution in [0.4, 0.5) is 10.5 Å². The third kappa shape index (κ3) is 2.94. The van der Waals surface area contributed by atoms with Crippen molar-refractivity contribution in [3.8, 4) is 0 Å². The third-order valence-electron chi connectivity index (χ3n) is 8.72. The number of benzene rings is 3. The van der Waals surface area contributed by atoms with Crippen LogP contribution in [-0.2, 0) is 25.0 Å². The molecular formula is C29H22N4O5S3. The van der Waals surface area contributed by atoms with Crippen LogP contribution in [0.1, 0.15) is 17.5 Å². The number of thioether (sulfide) groups is 2. The standard InChI is InChI=1S/C29H22N4O5S3/c1-31-24-23(34)32-25-28(16-29(32,26(31)35)40-27(36)39-24,20-15-30-21-13-7-5-11-18(20)21)19-12-6-8-14-22(19)33(25)41(37,38)17-9-3-2-4-10-17/h2-15,24-25,30H,16H2,1H3/t24-,25+,28?,29?/m1/s1. The zero-order valence-corrected chi connectivity index (χ0v) is 24.0. The van der Waals surface area contributed by atoms with Crippen molar-refractivity contribution in [2.75, 3.05) is 11.4 Å². The largest absolute Gasteiger partial charge is 0.361 e. The number of amides is 2. The average molecular weight is 603 g/mol.